The first-order valence-corrected chi connectivity index (χ1v) is 11.9. The fraction of sp³-hybridized carbons (Fsp3) is 0.192. The van der Waals surface area contributed by atoms with Gasteiger partial charge in [0.2, 0.25) is 17.7 Å². The summed E-state index contributed by atoms with van der Waals surface area (Å²) in [6.07, 6.45) is 0. The highest BCUT2D eigenvalue weighted by Crippen LogP contribution is 2.66. The number of alkyl halides is 1. The Morgan fingerprint density at radius 1 is 0.943 bits per heavy atom. The summed E-state index contributed by atoms with van der Waals surface area (Å²) >= 11 is 3.92. The first-order valence-electron chi connectivity index (χ1n) is 11.1. The van der Waals surface area contributed by atoms with Gasteiger partial charge < -0.3 is 5.32 Å². The molecule has 8 nitrogen and oxygen atoms in total. The lowest BCUT2D eigenvalue weighted by atomic mass is 9.55. The van der Waals surface area contributed by atoms with Crippen LogP contribution in [-0.4, -0.2) is 34.1 Å². The van der Waals surface area contributed by atoms with Gasteiger partial charge >= 0.3 is 0 Å². The van der Waals surface area contributed by atoms with Crippen LogP contribution in [-0.2, 0) is 18.7 Å². The summed E-state index contributed by atoms with van der Waals surface area (Å²) in [5.41, 5.74) is 4.22. The van der Waals surface area contributed by atoms with Gasteiger partial charge in [0.05, 0.1) is 21.1 Å². The second-order valence-electron chi connectivity index (χ2n) is 8.98. The number of non-ortho nitro benzene ring substituents is 1. The van der Waals surface area contributed by atoms with Gasteiger partial charge in [-0.15, -0.1) is 0 Å². The lowest BCUT2D eigenvalue weighted by molar-refractivity contribution is -0.384. The van der Waals surface area contributed by atoms with Crippen molar-refractivity contribution in [2.24, 2.45) is 11.8 Å². The molecule has 3 amide bonds. The summed E-state index contributed by atoms with van der Waals surface area (Å²) in [4.78, 5) is 51.5. The maximum atomic E-state index is 13.7. The molecule has 4 aliphatic rings. The number of anilines is 1. The van der Waals surface area contributed by atoms with Crippen molar-refractivity contribution in [3.8, 4) is 0 Å². The molecule has 2 bridgehead atoms. The van der Waals surface area contributed by atoms with Crippen molar-refractivity contribution in [1.82, 2.24) is 4.90 Å². The SMILES string of the molecule is O=C(CN1C(=O)[C@H]2C3c4ccccc4C(Br)(c4ccccc43)[C@H]2C1=O)Nc1ccc([N+](=O)[O-])cc1. The minimum absolute atomic E-state index is 0.103. The van der Waals surface area contributed by atoms with Crippen molar-refractivity contribution in [2.75, 3.05) is 11.9 Å². The number of carbonyl (C=O) groups is 3. The van der Waals surface area contributed by atoms with E-state index in [1.807, 2.05) is 48.5 Å². The number of amides is 3. The lowest BCUT2D eigenvalue weighted by Gasteiger charge is -2.51. The van der Waals surface area contributed by atoms with Crippen LogP contribution < -0.4 is 5.32 Å². The normalized spacial score (nSPS) is 25.6. The first-order chi connectivity index (χ1) is 16.8. The molecule has 2 atom stereocenters. The summed E-state index contributed by atoms with van der Waals surface area (Å²) < 4.78 is -0.865. The summed E-state index contributed by atoms with van der Waals surface area (Å²) in [7, 11) is 0. The Kier molecular flexibility index (Phi) is 4.69. The van der Waals surface area contributed by atoms with E-state index in [9.17, 15) is 24.5 Å². The van der Waals surface area contributed by atoms with E-state index in [0.29, 0.717) is 5.69 Å². The molecule has 7 rings (SSSR count). The highest BCUT2D eigenvalue weighted by atomic mass is 79.9. The van der Waals surface area contributed by atoms with Gasteiger partial charge in [-0.3, -0.25) is 29.4 Å². The molecule has 1 fully saturated rings. The number of imide groups is 1. The fourth-order valence-corrected chi connectivity index (χ4v) is 7.11. The van der Waals surface area contributed by atoms with Crippen molar-refractivity contribution in [1.29, 1.82) is 0 Å². The molecule has 3 aliphatic carbocycles. The predicted molar refractivity (Wildman–Crippen MR) is 130 cm³/mol. The van der Waals surface area contributed by atoms with Crippen LogP contribution in [0.15, 0.2) is 72.8 Å². The molecule has 9 heteroatoms. The number of hydrogen-bond acceptors (Lipinski definition) is 5. The number of benzene rings is 3. The molecule has 1 heterocycles. The molecular weight excluding hydrogens is 514 g/mol. The molecule has 1 aliphatic heterocycles. The standard InChI is InChI=1S/C26H18BrN3O5/c27-26-18-7-3-1-5-16(18)21(17-6-2-4-8-19(17)26)22-23(26)25(33)29(24(22)32)13-20(31)28-14-9-11-15(12-10-14)30(34)35/h1-12,21-23H,13H2,(H,28,31)/t21?,22-,23+,26?/m0/s1. The van der Waals surface area contributed by atoms with E-state index in [2.05, 4.69) is 21.2 Å². The van der Waals surface area contributed by atoms with Gasteiger partial charge in [-0.2, -0.15) is 0 Å². The molecule has 3 aromatic carbocycles. The summed E-state index contributed by atoms with van der Waals surface area (Å²) in [5.74, 6) is -2.85. The number of nitro groups is 1. The topological polar surface area (TPSA) is 110 Å². The van der Waals surface area contributed by atoms with Crippen LogP contribution in [0.1, 0.15) is 28.2 Å². The number of rotatable bonds is 4. The largest absolute Gasteiger partial charge is 0.325 e. The van der Waals surface area contributed by atoms with Crippen molar-refractivity contribution in [3.63, 3.8) is 0 Å². The fourth-order valence-electron chi connectivity index (χ4n) is 5.91. The van der Waals surface area contributed by atoms with Crippen LogP contribution in [0.4, 0.5) is 11.4 Å². The summed E-state index contributed by atoms with van der Waals surface area (Å²) in [5, 5.41) is 13.5. The zero-order valence-electron chi connectivity index (χ0n) is 18.2. The highest BCUT2D eigenvalue weighted by Gasteiger charge is 2.67. The second kappa shape index (κ2) is 7.58. The molecule has 0 saturated carbocycles. The van der Waals surface area contributed by atoms with Gasteiger partial charge in [0, 0.05) is 23.7 Å². The minimum atomic E-state index is -0.865. The van der Waals surface area contributed by atoms with Gasteiger partial charge in [-0.1, -0.05) is 64.5 Å². The van der Waals surface area contributed by atoms with E-state index in [-0.39, 0.29) is 23.4 Å². The number of nitrogens with one attached hydrogen (secondary N) is 1. The van der Waals surface area contributed by atoms with Crippen LogP contribution in [0.5, 0.6) is 0 Å². The molecule has 1 N–H and O–H groups in total. The van der Waals surface area contributed by atoms with Crippen LogP contribution in [0, 0.1) is 22.0 Å². The van der Waals surface area contributed by atoms with Crippen molar-refractivity contribution >= 4 is 45.0 Å². The zero-order valence-corrected chi connectivity index (χ0v) is 19.8. The molecule has 0 spiro atoms. The second-order valence-corrected chi connectivity index (χ2v) is 10.2. The number of hydrogen-bond donors (Lipinski definition) is 1. The predicted octanol–water partition coefficient (Wildman–Crippen LogP) is 3.93. The van der Waals surface area contributed by atoms with E-state index >= 15 is 0 Å². The van der Waals surface area contributed by atoms with Gasteiger partial charge in [0.15, 0.2) is 0 Å². The molecule has 3 aromatic rings. The smallest absolute Gasteiger partial charge is 0.269 e. The maximum absolute atomic E-state index is 13.7. The molecule has 35 heavy (non-hydrogen) atoms. The third kappa shape index (κ3) is 2.94. The van der Waals surface area contributed by atoms with Crippen LogP contribution in [0.2, 0.25) is 0 Å². The molecule has 0 unspecified atom stereocenters. The zero-order chi connectivity index (χ0) is 24.5. The van der Waals surface area contributed by atoms with E-state index in [0.717, 1.165) is 27.2 Å². The maximum Gasteiger partial charge on any atom is 0.269 e. The Bertz CT molecular complexity index is 1390. The summed E-state index contributed by atoms with van der Waals surface area (Å²) in [6, 6.07) is 21.1. The van der Waals surface area contributed by atoms with E-state index in [1.165, 1.54) is 24.3 Å². The monoisotopic (exact) mass is 531 g/mol. The van der Waals surface area contributed by atoms with Crippen LogP contribution in [0.25, 0.3) is 0 Å². The number of halogens is 1. The minimum Gasteiger partial charge on any atom is -0.325 e. The molecule has 0 aromatic heterocycles. The van der Waals surface area contributed by atoms with Crippen LogP contribution in [0.3, 0.4) is 0 Å². The van der Waals surface area contributed by atoms with Crippen molar-refractivity contribution in [2.45, 2.75) is 10.2 Å². The number of nitro benzene ring substituents is 1. The van der Waals surface area contributed by atoms with Crippen molar-refractivity contribution in [3.05, 3.63) is 105 Å². The average Bonchev–Trinajstić information content (AvgIpc) is 3.11. The van der Waals surface area contributed by atoms with Crippen LogP contribution >= 0.6 is 15.9 Å². The van der Waals surface area contributed by atoms with Gasteiger partial charge in [-0.25, -0.2) is 0 Å². The Morgan fingerprint density at radius 2 is 1.51 bits per heavy atom. The highest BCUT2D eigenvalue weighted by molar-refractivity contribution is 9.09. The van der Waals surface area contributed by atoms with Gasteiger partial charge in [0.25, 0.3) is 5.69 Å². The summed E-state index contributed by atoms with van der Waals surface area (Å²) in [6.45, 7) is -0.426. The molecule has 1 saturated heterocycles. The Morgan fingerprint density at radius 3 is 2.09 bits per heavy atom. The first kappa shape index (κ1) is 21.7. The number of nitrogens with zero attached hydrogens (tertiary/aromatic N) is 2. The molecule has 0 radical (unpaired) electrons. The van der Waals surface area contributed by atoms with Gasteiger partial charge in [-0.05, 0) is 34.4 Å². The number of likely N-dealkylation sites (tertiary alicyclic amines) is 1. The number of carbonyl (C=O) groups excluding carboxylic acids is 3. The Hall–Kier alpha value is -3.85. The Balaban J connectivity index is 1.33. The third-order valence-corrected chi connectivity index (χ3v) is 8.62. The van der Waals surface area contributed by atoms with E-state index in [1.54, 1.807) is 0 Å². The molecule has 174 valence electrons. The molecular formula is C26H18BrN3O5. The van der Waals surface area contributed by atoms with Crippen molar-refractivity contribution < 1.29 is 19.3 Å². The van der Waals surface area contributed by atoms with E-state index in [4.69, 9.17) is 0 Å². The van der Waals surface area contributed by atoms with E-state index < -0.39 is 33.5 Å². The average molecular weight is 532 g/mol. The third-order valence-electron chi connectivity index (χ3n) is 7.27. The Labute approximate surface area is 208 Å². The van der Waals surface area contributed by atoms with Gasteiger partial charge in [0.1, 0.15) is 6.54 Å². The quantitative estimate of drug-likeness (QED) is 0.237. The lowest BCUT2D eigenvalue weighted by Crippen LogP contribution is -2.50.